The number of nitrogens with zero attached hydrogens (tertiary/aromatic N) is 5. The summed E-state index contributed by atoms with van der Waals surface area (Å²) in [5, 5.41) is 8.06. The average Bonchev–Trinajstić information content (AvgIpc) is 3.11. The van der Waals surface area contributed by atoms with Gasteiger partial charge in [-0.15, -0.1) is 5.10 Å². The van der Waals surface area contributed by atoms with Gasteiger partial charge in [-0.2, -0.15) is 5.10 Å². The van der Waals surface area contributed by atoms with Crippen molar-refractivity contribution in [2.75, 3.05) is 20.8 Å². The number of hydrogen-bond donors (Lipinski definition) is 0. The zero-order valence-electron chi connectivity index (χ0n) is 16.3. The zero-order chi connectivity index (χ0) is 20.4. The van der Waals surface area contributed by atoms with Crippen molar-refractivity contribution in [3.63, 3.8) is 0 Å². The van der Waals surface area contributed by atoms with Crippen LogP contribution in [0.1, 0.15) is 6.92 Å². The molecule has 0 unspecified atom stereocenters. The minimum absolute atomic E-state index is 0.273. The molecule has 4 rings (SSSR count). The number of rotatable bonds is 6. The average molecular weight is 387 g/mol. The maximum absolute atomic E-state index is 5.91. The van der Waals surface area contributed by atoms with Crippen molar-refractivity contribution in [2.24, 2.45) is 0 Å². The quantitative estimate of drug-likeness (QED) is 0.469. The summed E-state index contributed by atoms with van der Waals surface area (Å²) in [6.07, 6.45) is 0. The zero-order valence-corrected chi connectivity index (χ0v) is 16.3. The number of fused-ring (bicyclic) bond motifs is 1. The summed E-state index contributed by atoms with van der Waals surface area (Å²) in [5.74, 6) is 2.23. The van der Waals surface area contributed by atoms with Crippen LogP contribution in [-0.4, -0.2) is 53.4 Å². The van der Waals surface area contributed by atoms with Crippen LogP contribution in [0.25, 0.3) is 28.4 Å². The van der Waals surface area contributed by atoms with Gasteiger partial charge in [-0.1, -0.05) is 12.1 Å². The van der Waals surface area contributed by atoms with E-state index in [-0.39, 0.29) is 5.59 Å². The first kappa shape index (κ1) is 18.7. The van der Waals surface area contributed by atoms with Crippen molar-refractivity contribution in [2.45, 2.75) is 6.92 Å². The second-order valence-electron chi connectivity index (χ2n) is 6.05. The molecule has 0 bridgehead atoms. The molecule has 4 aromatic rings. The Hall–Kier alpha value is -3.62. The lowest BCUT2D eigenvalue weighted by atomic mass is 10.0. The van der Waals surface area contributed by atoms with E-state index >= 15 is 0 Å². The third kappa shape index (κ3) is 3.35. The van der Waals surface area contributed by atoms with Gasteiger partial charge in [0.2, 0.25) is 11.5 Å². The number of imidazole rings is 1. The first-order chi connectivity index (χ1) is 14.2. The molecule has 144 valence electrons. The molecule has 0 aliphatic carbocycles. The minimum Gasteiger partial charge on any atom is -0.494 e. The molecule has 2 radical (unpaired) electrons. The molecule has 3 heterocycles. The SMILES string of the molecule is [B]c1cc2c(nn1)nc(-c1cccc(OCC)n1)n2-c1c(OC)cccc1OC. The Morgan fingerprint density at radius 1 is 0.966 bits per heavy atom. The van der Waals surface area contributed by atoms with E-state index in [4.69, 9.17) is 22.1 Å². The van der Waals surface area contributed by atoms with Gasteiger partial charge in [-0.25, -0.2) is 9.97 Å². The maximum Gasteiger partial charge on any atom is 0.213 e. The number of methoxy groups -OCH3 is 2. The van der Waals surface area contributed by atoms with E-state index in [1.54, 1.807) is 26.4 Å². The molecule has 0 spiro atoms. The summed E-state index contributed by atoms with van der Waals surface area (Å²) in [6.45, 7) is 2.41. The van der Waals surface area contributed by atoms with Crippen molar-refractivity contribution in [1.29, 1.82) is 0 Å². The Morgan fingerprint density at radius 2 is 1.69 bits per heavy atom. The highest BCUT2D eigenvalue weighted by molar-refractivity contribution is 6.31. The minimum atomic E-state index is 0.273. The van der Waals surface area contributed by atoms with E-state index in [0.717, 1.165) is 0 Å². The fourth-order valence-electron chi connectivity index (χ4n) is 3.12. The van der Waals surface area contributed by atoms with Gasteiger partial charge in [0.15, 0.2) is 5.82 Å². The summed E-state index contributed by atoms with van der Waals surface area (Å²) >= 11 is 0. The molecule has 0 aliphatic rings. The largest absolute Gasteiger partial charge is 0.494 e. The summed E-state index contributed by atoms with van der Waals surface area (Å²) in [7, 11) is 9.10. The first-order valence-electron chi connectivity index (χ1n) is 8.99. The smallest absolute Gasteiger partial charge is 0.213 e. The lowest BCUT2D eigenvalue weighted by Gasteiger charge is -2.16. The molecule has 0 aliphatic heterocycles. The van der Waals surface area contributed by atoms with Crippen LogP contribution >= 0.6 is 0 Å². The Bertz CT molecular complexity index is 1160. The van der Waals surface area contributed by atoms with Crippen molar-refractivity contribution in [3.05, 3.63) is 42.5 Å². The highest BCUT2D eigenvalue weighted by Crippen LogP contribution is 2.37. The van der Waals surface area contributed by atoms with Crippen LogP contribution in [0.5, 0.6) is 17.4 Å². The predicted octanol–water partition coefficient (Wildman–Crippen LogP) is 2.09. The molecule has 0 atom stereocenters. The van der Waals surface area contributed by atoms with Crippen molar-refractivity contribution >= 4 is 24.6 Å². The van der Waals surface area contributed by atoms with Crippen LogP contribution in [0.3, 0.4) is 0 Å². The number of aromatic nitrogens is 5. The van der Waals surface area contributed by atoms with Crippen LogP contribution in [0, 0.1) is 0 Å². The number of hydrogen-bond acceptors (Lipinski definition) is 7. The molecule has 0 N–H and O–H groups in total. The second kappa shape index (κ2) is 7.79. The van der Waals surface area contributed by atoms with Crippen LogP contribution in [0.2, 0.25) is 0 Å². The van der Waals surface area contributed by atoms with Gasteiger partial charge >= 0.3 is 0 Å². The van der Waals surface area contributed by atoms with E-state index in [9.17, 15) is 0 Å². The first-order valence-corrected chi connectivity index (χ1v) is 8.99. The van der Waals surface area contributed by atoms with Gasteiger partial charge in [0.05, 0.1) is 26.3 Å². The van der Waals surface area contributed by atoms with E-state index in [1.165, 1.54) is 0 Å². The van der Waals surface area contributed by atoms with Gasteiger partial charge in [0.25, 0.3) is 0 Å². The highest BCUT2D eigenvalue weighted by atomic mass is 16.5. The standard InChI is InChI=1S/C20H18BN5O3/c1-4-29-17-10-5-7-12(22-17)20-23-19-13(11-16(21)24-25-19)26(20)18-14(27-2)8-6-9-15(18)28-3/h5-11H,4H2,1-3H3. The third-order valence-corrected chi connectivity index (χ3v) is 4.31. The molecule has 9 heteroatoms. The van der Waals surface area contributed by atoms with Gasteiger partial charge in [0, 0.05) is 11.7 Å². The normalized spacial score (nSPS) is 10.9. The topological polar surface area (TPSA) is 84.2 Å². The molecule has 8 nitrogen and oxygen atoms in total. The molecule has 0 fully saturated rings. The van der Waals surface area contributed by atoms with Gasteiger partial charge in [-0.3, -0.25) is 4.57 Å². The van der Waals surface area contributed by atoms with Crippen LogP contribution < -0.4 is 19.8 Å². The summed E-state index contributed by atoms with van der Waals surface area (Å²) in [6, 6.07) is 12.7. The number of para-hydroxylation sites is 1. The molecule has 1 aromatic carbocycles. The number of ether oxygens (including phenoxy) is 3. The molecule has 29 heavy (non-hydrogen) atoms. The van der Waals surface area contributed by atoms with E-state index in [1.807, 2.05) is 41.8 Å². The molecule has 3 aromatic heterocycles. The van der Waals surface area contributed by atoms with Gasteiger partial charge in [-0.05, 0) is 31.2 Å². The lowest BCUT2D eigenvalue weighted by molar-refractivity contribution is 0.327. The fourth-order valence-corrected chi connectivity index (χ4v) is 3.12. The van der Waals surface area contributed by atoms with Gasteiger partial charge in [0.1, 0.15) is 30.7 Å². The van der Waals surface area contributed by atoms with Crippen LogP contribution in [0.15, 0.2) is 42.5 Å². The Morgan fingerprint density at radius 3 is 2.38 bits per heavy atom. The third-order valence-electron chi connectivity index (χ3n) is 4.31. The molecule has 0 amide bonds. The number of pyridine rings is 1. The molecular weight excluding hydrogens is 369 g/mol. The molecule has 0 saturated heterocycles. The second-order valence-corrected chi connectivity index (χ2v) is 6.05. The lowest BCUT2D eigenvalue weighted by Crippen LogP contribution is -2.11. The Labute approximate surface area is 168 Å². The fraction of sp³-hybridized carbons (Fsp3) is 0.200. The van der Waals surface area contributed by atoms with Gasteiger partial charge < -0.3 is 14.2 Å². The monoisotopic (exact) mass is 387 g/mol. The summed E-state index contributed by atoms with van der Waals surface area (Å²) in [5.41, 5.74) is 2.60. The van der Waals surface area contributed by atoms with E-state index < -0.39 is 0 Å². The maximum atomic E-state index is 5.91. The van der Waals surface area contributed by atoms with E-state index in [0.29, 0.717) is 52.4 Å². The Balaban J connectivity index is 2.07. The Kier molecular flexibility index (Phi) is 5.03. The molecular formula is C20H18BN5O3. The highest BCUT2D eigenvalue weighted by Gasteiger charge is 2.22. The van der Waals surface area contributed by atoms with Crippen molar-refractivity contribution in [3.8, 4) is 34.6 Å². The van der Waals surface area contributed by atoms with Crippen LogP contribution in [-0.2, 0) is 0 Å². The van der Waals surface area contributed by atoms with Crippen molar-refractivity contribution in [1.82, 2.24) is 24.7 Å². The predicted molar refractivity (Wildman–Crippen MR) is 110 cm³/mol. The number of benzene rings is 1. The van der Waals surface area contributed by atoms with Crippen molar-refractivity contribution < 1.29 is 14.2 Å². The summed E-state index contributed by atoms with van der Waals surface area (Å²) in [4.78, 5) is 9.24. The summed E-state index contributed by atoms with van der Waals surface area (Å²) < 4.78 is 18.6. The van der Waals surface area contributed by atoms with E-state index in [2.05, 4.69) is 20.2 Å². The molecule has 0 saturated carbocycles. The van der Waals surface area contributed by atoms with Crippen LogP contribution in [0.4, 0.5) is 0 Å².